The lowest BCUT2D eigenvalue weighted by Gasteiger charge is -2.35. The lowest BCUT2D eigenvalue weighted by molar-refractivity contribution is -0.135. The SMILES string of the molecule is NC(=O)C1CCCN(C(=O)C2CCc3ccccc3N2)C1. The van der Waals surface area contributed by atoms with Crippen molar-refractivity contribution in [2.75, 3.05) is 18.4 Å². The van der Waals surface area contributed by atoms with Crippen LogP contribution in [0.25, 0.3) is 0 Å². The predicted molar refractivity (Wildman–Crippen MR) is 80.7 cm³/mol. The van der Waals surface area contributed by atoms with E-state index in [1.165, 1.54) is 5.56 Å². The van der Waals surface area contributed by atoms with Crippen LogP contribution in [0.15, 0.2) is 24.3 Å². The average molecular weight is 287 g/mol. The second kappa shape index (κ2) is 5.76. The number of piperidine rings is 1. The number of benzene rings is 1. The van der Waals surface area contributed by atoms with Crippen molar-refractivity contribution >= 4 is 17.5 Å². The van der Waals surface area contributed by atoms with E-state index in [1.54, 1.807) is 4.90 Å². The Morgan fingerprint density at radius 3 is 2.86 bits per heavy atom. The third-order valence-electron chi connectivity index (χ3n) is 4.48. The zero-order valence-electron chi connectivity index (χ0n) is 12.0. The number of aryl methyl sites for hydroxylation is 1. The summed E-state index contributed by atoms with van der Waals surface area (Å²) in [5.74, 6) is -0.400. The first kappa shape index (κ1) is 13.9. The molecule has 2 atom stereocenters. The van der Waals surface area contributed by atoms with Gasteiger partial charge in [0.2, 0.25) is 11.8 Å². The Hall–Kier alpha value is -2.04. The number of anilines is 1. The molecule has 21 heavy (non-hydrogen) atoms. The summed E-state index contributed by atoms with van der Waals surface area (Å²) < 4.78 is 0. The summed E-state index contributed by atoms with van der Waals surface area (Å²) in [4.78, 5) is 25.8. The Labute approximate surface area is 124 Å². The molecule has 0 aromatic heterocycles. The quantitative estimate of drug-likeness (QED) is 0.856. The van der Waals surface area contributed by atoms with Gasteiger partial charge in [-0.15, -0.1) is 0 Å². The van der Waals surface area contributed by atoms with Gasteiger partial charge in [-0.05, 0) is 37.3 Å². The first-order valence-corrected chi connectivity index (χ1v) is 7.57. The van der Waals surface area contributed by atoms with Crippen molar-refractivity contribution in [3.05, 3.63) is 29.8 Å². The van der Waals surface area contributed by atoms with Crippen LogP contribution in [0.4, 0.5) is 5.69 Å². The van der Waals surface area contributed by atoms with Gasteiger partial charge in [-0.1, -0.05) is 18.2 Å². The molecule has 1 aromatic rings. The molecule has 0 aliphatic carbocycles. The van der Waals surface area contributed by atoms with Crippen molar-refractivity contribution in [2.24, 2.45) is 11.7 Å². The number of nitrogens with one attached hydrogen (secondary N) is 1. The van der Waals surface area contributed by atoms with E-state index in [4.69, 9.17) is 5.73 Å². The molecular formula is C16H21N3O2. The van der Waals surface area contributed by atoms with Crippen LogP contribution in [0.2, 0.25) is 0 Å². The Morgan fingerprint density at radius 1 is 1.24 bits per heavy atom. The number of hydrogen-bond donors (Lipinski definition) is 2. The average Bonchev–Trinajstić information content (AvgIpc) is 2.53. The number of rotatable bonds is 2. The molecule has 0 radical (unpaired) electrons. The van der Waals surface area contributed by atoms with Crippen molar-refractivity contribution in [2.45, 2.75) is 31.7 Å². The maximum absolute atomic E-state index is 12.6. The summed E-state index contributed by atoms with van der Waals surface area (Å²) in [5, 5.41) is 3.33. The summed E-state index contributed by atoms with van der Waals surface area (Å²) in [6.07, 6.45) is 3.35. The summed E-state index contributed by atoms with van der Waals surface area (Å²) in [7, 11) is 0. The minimum Gasteiger partial charge on any atom is -0.373 e. The van der Waals surface area contributed by atoms with Crippen LogP contribution in [-0.2, 0) is 16.0 Å². The lowest BCUT2D eigenvalue weighted by atomic mass is 9.94. The zero-order chi connectivity index (χ0) is 14.8. The lowest BCUT2D eigenvalue weighted by Crippen LogP contribution is -2.50. The Bertz CT molecular complexity index is 558. The van der Waals surface area contributed by atoms with Crippen LogP contribution in [-0.4, -0.2) is 35.8 Å². The van der Waals surface area contributed by atoms with Crippen LogP contribution >= 0.6 is 0 Å². The number of primary amides is 1. The number of carbonyl (C=O) groups is 2. The second-order valence-corrected chi connectivity index (χ2v) is 5.92. The number of amides is 2. The molecule has 1 aromatic carbocycles. The molecule has 0 saturated carbocycles. The van der Waals surface area contributed by atoms with Gasteiger partial charge in [-0.3, -0.25) is 9.59 Å². The number of carbonyl (C=O) groups excluding carboxylic acids is 2. The standard InChI is InChI=1S/C16H21N3O2/c17-15(20)12-5-3-9-19(10-12)16(21)14-8-7-11-4-1-2-6-13(11)18-14/h1-2,4,6,12,14,18H,3,5,7-10H2,(H2,17,20). The molecule has 2 heterocycles. The largest absolute Gasteiger partial charge is 0.373 e. The maximum Gasteiger partial charge on any atom is 0.245 e. The van der Waals surface area contributed by atoms with Gasteiger partial charge in [0.1, 0.15) is 6.04 Å². The monoisotopic (exact) mass is 287 g/mol. The summed E-state index contributed by atoms with van der Waals surface area (Å²) in [5.41, 5.74) is 7.68. The highest BCUT2D eigenvalue weighted by Gasteiger charge is 2.32. The van der Waals surface area contributed by atoms with E-state index in [0.29, 0.717) is 6.54 Å². The minimum absolute atomic E-state index is 0.0930. The van der Waals surface area contributed by atoms with Gasteiger partial charge in [0.25, 0.3) is 0 Å². The van der Waals surface area contributed by atoms with Gasteiger partial charge in [0.05, 0.1) is 5.92 Å². The van der Waals surface area contributed by atoms with Gasteiger partial charge >= 0.3 is 0 Å². The fraction of sp³-hybridized carbons (Fsp3) is 0.500. The number of nitrogens with zero attached hydrogens (tertiary/aromatic N) is 1. The van der Waals surface area contributed by atoms with E-state index in [-0.39, 0.29) is 23.8 Å². The molecule has 112 valence electrons. The van der Waals surface area contributed by atoms with Crippen LogP contribution in [0.3, 0.4) is 0 Å². The molecule has 0 bridgehead atoms. The first-order chi connectivity index (χ1) is 10.1. The zero-order valence-corrected chi connectivity index (χ0v) is 12.0. The van der Waals surface area contributed by atoms with E-state index < -0.39 is 0 Å². The van der Waals surface area contributed by atoms with E-state index in [9.17, 15) is 9.59 Å². The molecule has 5 heteroatoms. The van der Waals surface area contributed by atoms with Crippen LogP contribution in [0, 0.1) is 5.92 Å². The fourth-order valence-corrected chi connectivity index (χ4v) is 3.25. The normalized spacial score (nSPS) is 24.9. The van der Waals surface area contributed by atoms with Crippen molar-refractivity contribution in [3.8, 4) is 0 Å². The van der Waals surface area contributed by atoms with Gasteiger partial charge in [0.15, 0.2) is 0 Å². The molecule has 5 nitrogen and oxygen atoms in total. The summed E-state index contributed by atoms with van der Waals surface area (Å²) >= 11 is 0. The van der Waals surface area contributed by atoms with E-state index in [1.807, 2.05) is 18.2 Å². The summed E-state index contributed by atoms with van der Waals surface area (Å²) in [6, 6.07) is 7.91. The third kappa shape index (κ3) is 2.86. The highest BCUT2D eigenvalue weighted by Crippen LogP contribution is 2.26. The van der Waals surface area contributed by atoms with Gasteiger partial charge < -0.3 is 16.0 Å². The van der Waals surface area contributed by atoms with E-state index >= 15 is 0 Å². The van der Waals surface area contributed by atoms with Crippen molar-refractivity contribution in [1.82, 2.24) is 4.90 Å². The van der Waals surface area contributed by atoms with Gasteiger partial charge in [-0.2, -0.15) is 0 Å². The molecule has 1 saturated heterocycles. The van der Waals surface area contributed by atoms with Crippen LogP contribution < -0.4 is 11.1 Å². The van der Waals surface area contributed by atoms with E-state index in [0.717, 1.165) is 37.9 Å². The molecule has 2 unspecified atom stereocenters. The topological polar surface area (TPSA) is 75.4 Å². The Balaban J connectivity index is 1.67. The minimum atomic E-state index is -0.297. The number of fused-ring (bicyclic) bond motifs is 1. The molecular weight excluding hydrogens is 266 g/mol. The van der Waals surface area contributed by atoms with Crippen molar-refractivity contribution in [3.63, 3.8) is 0 Å². The second-order valence-electron chi connectivity index (χ2n) is 5.92. The Kier molecular flexibility index (Phi) is 3.82. The molecule has 1 fully saturated rings. The van der Waals surface area contributed by atoms with Crippen molar-refractivity contribution in [1.29, 1.82) is 0 Å². The summed E-state index contributed by atoms with van der Waals surface area (Å²) in [6.45, 7) is 1.19. The highest BCUT2D eigenvalue weighted by atomic mass is 16.2. The molecule has 2 amide bonds. The van der Waals surface area contributed by atoms with Crippen LogP contribution in [0.5, 0.6) is 0 Å². The van der Waals surface area contributed by atoms with Crippen LogP contribution in [0.1, 0.15) is 24.8 Å². The molecule has 0 spiro atoms. The van der Waals surface area contributed by atoms with Crippen molar-refractivity contribution < 1.29 is 9.59 Å². The van der Waals surface area contributed by atoms with Gasteiger partial charge in [0, 0.05) is 18.8 Å². The number of nitrogens with two attached hydrogens (primary N) is 1. The number of hydrogen-bond acceptors (Lipinski definition) is 3. The third-order valence-corrected chi connectivity index (χ3v) is 4.48. The molecule has 3 N–H and O–H groups in total. The number of para-hydroxylation sites is 1. The molecule has 2 aliphatic rings. The molecule has 3 rings (SSSR count). The Morgan fingerprint density at radius 2 is 2.05 bits per heavy atom. The number of likely N-dealkylation sites (tertiary alicyclic amines) is 1. The predicted octanol–water partition coefficient (Wildman–Crippen LogP) is 1.14. The fourth-order valence-electron chi connectivity index (χ4n) is 3.25. The first-order valence-electron chi connectivity index (χ1n) is 7.57. The molecule has 2 aliphatic heterocycles. The van der Waals surface area contributed by atoms with E-state index in [2.05, 4.69) is 11.4 Å². The smallest absolute Gasteiger partial charge is 0.245 e. The maximum atomic E-state index is 12.6. The van der Waals surface area contributed by atoms with Gasteiger partial charge in [-0.25, -0.2) is 0 Å². The highest BCUT2D eigenvalue weighted by molar-refractivity contribution is 5.86.